The molecule has 0 amide bonds. The van der Waals surface area contributed by atoms with E-state index in [-0.39, 0.29) is 0 Å². The molecule has 25 heavy (non-hydrogen) atoms. The topological polar surface area (TPSA) is 21.8 Å². The van der Waals surface area contributed by atoms with Gasteiger partial charge in [-0.15, -0.1) is 0 Å². The minimum atomic E-state index is 0.355. The molecule has 2 aliphatic rings. The molecule has 0 unspecified atom stereocenters. The van der Waals surface area contributed by atoms with Crippen molar-refractivity contribution in [1.82, 2.24) is 0 Å². The van der Waals surface area contributed by atoms with Crippen molar-refractivity contribution in [3.8, 4) is 16.9 Å². The molecule has 3 aromatic carbocycles. The van der Waals surface area contributed by atoms with Crippen LogP contribution in [0.4, 0.5) is 0 Å². The Labute approximate surface area is 148 Å². The van der Waals surface area contributed by atoms with E-state index in [9.17, 15) is 0 Å². The zero-order valence-electron chi connectivity index (χ0n) is 14.2. The summed E-state index contributed by atoms with van der Waals surface area (Å²) in [4.78, 5) is 0. The monoisotopic (exact) mass is 328 g/mol. The zero-order chi connectivity index (χ0) is 16.8. The van der Waals surface area contributed by atoms with E-state index >= 15 is 0 Å². The average molecular weight is 328 g/mol. The van der Waals surface area contributed by atoms with E-state index < -0.39 is 0 Å². The maximum Gasteiger partial charge on any atom is 0.120 e. The van der Waals surface area contributed by atoms with Gasteiger partial charge < -0.3 is 9.47 Å². The van der Waals surface area contributed by atoms with Crippen LogP contribution in [-0.2, 0) is 17.8 Å². The fourth-order valence-corrected chi connectivity index (χ4v) is 3.85. The maximum atomic E-state index is 6.10. The molecule has 0 spiro atoms. The predicted molar refractivity (Wildman–Crippen MR) is 98.7 cm³/mol. The summed E-state index contributed by atoms with van der Waals surface area (Å²) in [5.74, 6) is 0.949. The second-order valence-corrected chi connectivity index (χ2v) is 6.90. The van der Waals surface area contributed by atoms with E-state index in [2.05, 4.69) is 73.7 Å². The molecular formula is C23H20O2. The van der Waals surface area contributed by atoms with Crippen LogP contribution in [0.15, 0.2) is 66.7 Å². The number of rotatable bonds is 4. The first-order valence-corrected chi connectivity index (χ1v) is 8.84. The van der Waals surface area contributed by atoms with Crippen LogP contribution in [0.25, 0.3) is 11.1 Å². The molecule has 2 heteroatoms. The summed E-state index contributed by atoms with van der Waals surface area (Å²) in [7, 11) is 0. The standard InChI is InChI=1S/C23H20O2/c1-15-17(8-5-9-20(15)16-6-3-2-4-7-16)14-24-19-10-11-21-18(12-19)13-22-23(21)25-22/h2-12,22-23H,13-14H2,1H3/t22-,23+/m0/s1. The van der Waals surface area contributed by atoms with Crippen molar-refractivity contribution in [3.63, 3.8) is 0 Å². The Morgan fingerprint density at radius 3 is 2.76 bits per heavy atom. The summed E-state index contributed by atoms with van der Waals surface area (Å²) in [6.07, 6.45) is 1.81. The summed E-state index contributed by atoms with van der Waals surface area (Å²) in [6, 6.07) is 23.4. The van der Waals surface area contributed by atoms with Crippen molar-refractivity contribution < 1.29 is 9.47 Å². The Kier molecular flexibility index (Phi) is 3.39. The first-order chi connectivity index (χ1) is 12.3. The molecule has 1 fully saturated rings. The van der Waals surface area contributed by atoms with Crippen LogP contribution in [0.1, 0.15) is 28.4 Å². The van der Waals surface area contributed by atoms with E-state index in [1.165, 1.54) is 33.4 Å². The second kappa shape index (κ2) is 5.75. The molecule has 0 aromatic heterocycles. The van der Waals surface area contributed by atoms with Gasteiger partial charge in [0.1, 0.15) is 18.5 Å². The molecule has 5 rings (SSSR count). The van der Waals surface area contributed by atoms with Gasteiger partial charge in [0, 0.05) is 6.42 Å². The second-order valence-electron chi connectivity index (χ2n) is 6.90. The van der Waals surface area contributed by atoms with Crippen LogP contribution in [0, 0.1) is 6.92 Å². The van der Waals surface area contributed by atoms with Gasteiger partial charge in [0.25, 0.3) is 0 Å². The number of hydrogen-bond acceptors (Lipinski definition) is 2. The van der Waals surface area contributed by atoms with Gasteiger partial charge in [-0.2, -0.15) is 0 Å². The third-order valence-corrected chi connectivity index (χ3v) is 5.35. The fourth-order valence-electron chi connectivity index (χ4n) is 3.85. The Hall–Kier alpha value is -2.58. The van der Waals surface area contributed by atoms with Gasteiger partial charge in [0.15, 0.2) is 0 Å². The molecule has 0 bridgehead atoms. The molecule has 0 saturated carbocycles. The minimum Gasteiger partial charge on any atom is -0.489 e. The van der Waals surface area contributed by atoms with Gasteiger partial charge in [-0.1, -0.05) is 54.6 Å². The third kappa shape index (κ3) is 2.63. The largest absolute Gasteiger partial charge is 0.489 e. The lowest BCUT2D eigenvalue weighted by Crippen LogP contribution is -2.00. The van der Waals surface area contributed by atoms with Crippen molar-refractivity contribution in [1.29, 1.82) is 0 Å². The lowest BCUT2D eigenvalue weighted by Gasteiger charge is -2.14. The Morgan fingerprint density at radius 2 is 1.88 bits per heavy atom. The minimum absolute atomic E-state index is 0.355. The van der Waals surface area contributed by atoms with Gasteiger partial charge in [-0.25, -0.2) is 0 Å². The van der Waals surface area contributed by atoms with Crippen molar-refractivity contribution in [3.05, 3.63) is 89.0 Å². The van der Waals surface area contributed by atoms with E-state index in [0.29, 0.717) is 18.8 Å². The van der Waals surface area contributed by atoms with Crippen LogP contribution >= 0.6 is 0 Å². The molecule has 1 aliphatic heterocycles. The smallest absolute Gasteiger partial charge is 0.120 e. The summed E-state index contributed by atoms with van der Waals surface area (Å²) < 4.78 is 11.7. The van der Waals surface area contributed by atoms with E-state index in [0.717, 1.165) is 12.2 Å². The normalized spacial score (nSPS) is 20.0. The molecule has 3 aromatic rings. The number of hydrogen-bond donors (Lipinski definition) is 0. The molecule has 124 valence electrons. The molecule has 1 aliphatic carbocycles. The van der Waals surface area contributed by atoms with Crippen LogP contribution in [0.5, 0.6) is 5.75 Å². The average Bonchev–Trinajstić information content (AvgIpc) is 3.33. The lowest BCUT2D eigenvalue weighted by molar-refractivity contribution is 0.304. The number of benzene rings is 3. The zero-order valence-corrected chi connectivity index (χ0v) is 14.2. The maximum absolute atomic E-state index is 6.10. The summed E-state index contributed by atoms with van der Waals surface area (Å²) in [6.45, 7) is 2.77. The van der Waals surface area contributed by atoms with Crippen molar-refractivity contribution in [2.45, 2.75) is 32.2 Å². The lowest BCUT2D eigenvalue weighted by atomic mass is 9.97. The third-order valence-electron chi connectivity index (χ3n) is 5.35. The van der Waals surface area contributed by atoms with Crippen molar-refractivity contribution in [2.24, 2.45) is 0 Å². The summed E-state index contributed by atoms with van der Waals surface area (Å²) in [5.41, 5.74) is 7.76. The molecule has 1 heterocycles. The Bertz CT molecular complexity index is 930. The molecule has 0 N–H and O–H groups in total. The van der Waals surface area contributed by atoms with E-state index in [4.69, 9.17) is 9.47 Å². The van der Waals surface area contributed by atoms with Gasteiger partial charge in [-0.3, -0.25) is 0 Å². The highest BCUT2D eigenvalue weighted by Crippen LogP contribution is 2.49. The summed E-state index contributed by atoms with van der Waals surface area (Å²) >= 11 is 0. The highest BCUT2D eigenvalue weighted by Gasteiger charge is 2.47. The van der Waals surface area contributed by atoms with Crippen LogP contribution in [0.2, 0.25) is 0 Å². The first-order valence-electron chi connectivity index (χ1n) is 8.84. The number of ether oxygens (including phenoxy) is 2. The van der Waals surface area contributed by atoms with E-state index in [1.54, 1.807) is 0 Å². The molecule has 2 nitrogen and oxygen atoms in total. The van der Waals surface area contributed by atoms with Crippen LogP contribution < -0.4 is 4.74 Å². The van der Waals surface area contributed by atoms with Crippen molar-refractivity contribution >= 4 is 0 Å². The Balaban J connectivity index is 1.36. The molecule has 1 saturated heterocycles. The molecule has 2 atom stereocenters. The summed E-state index contributed by atoms with van der Waals surface area (Å²) in [5, 5.41) is 0. The van der Waals surface area contributed by atoms with Crippen LogP contribution in [0.3, 0.4) is 0 Å². The SMILES string of the molecule is Cc1c(COc2ccc3c(c2)C[C@@H]2O[C@H]32)cccc1-c1ccccc1. The highest BCUT2D eigenvalue weighted by atomic mass is 16.6. The van der Waals surface area contributed by atoms with Gasteiger partial charge in [0.2, 0.25) is 0 Å². The number of epoxide rings is 1. The van der Waals surface area contributed by atoms with Gasteiger partial charge >= 0.3 is 0 Å². The van der Waals surface area contributed by atoms with Gasteiger partial charge in [-0.05, 0) is 52.4 Å². The van der Waals surface area contributed by atoms with Gasteiger partial charge in [0.05, 0.1) is 6.10 Å². The first kappa shape index (κ1) is 14.7. The quantitative estimate of drug-likeness (QED) is 0.611. The number of fused-ring (bicyclic) bond motifs is 3. The molecule has 0 radical (unpaired) electrons. The predicted octanol–water partition coefficient (Wildman–Crippen LogP) is 5.24. The molecular weight excluding hydrogens is 308 g/mol. The highest BCUT2D eigenvalue weighted by molar-refractivity contribution is 5.68. The van der Waals surface area contributed by atoms with E-state index in [1.807, 2.05) is 0 Å². The van der Waals surface area contributed by atoms with Crippen molar-refractivity contribution in [2.75, 3.05) is 0 Å². The Morgan fingerprint density at radius 1 is 1.00 bits per heavy atom. The van der Waals surface area contributed by atoms with Crippen LogP contribution in [-0.4, -0.2) is 6.10 Å². The fraction of sp³-hybridized carbons (Fsp3) is 0.217.